The second-order valence-corrected chi connectivity index (χ2v) is 7.15. The lowest BCUT2D eigenvalue weighted by atomic mass is 9.99. The Morgan fingerprint density at radius 1 is 0.818 bits per heavy atom. The molecule has 0 aliphatic rings. The smallest absolute Gasteiger partial charge is 0.360 e. The van der Waals surface area contributed by atoms with E-state index in [1.54, 1.807) is 32.6 Å². The normalized spacial score (nSPS) is 10.8. The largest absolute Gasteiger partial charge is 0.493 e. The second kappa shape index (κ2) is 11.0. The number of carboxylic acid groups (broad SMARTS) is 1. The van der Waals surface area contributed by atoms with Crippen LogP contribution in [0.3, 0.4) is 0 Å². The predicted molar refractivity (Wildman–Crippen MR) is 104 cm³/mol. The average Bonchev–Trinajstić information content (AvgIpc) is 2.75. The van der Waals surface area contributed by atoms with E-state index in [2.05, 4.69) is 0 Å². The third kappa shape index (κ3) is 7.07. The van der Waals surface area contributed by atoms with Gasteiger partial charge in [0.15, 0.2) is 23.0 Å². The summed E-state index contributed by atoms with van der Waals surface area (Å²) in [5.74, 6) is 1.65. The number of rotatable bonds is 7. The molecule has 0 spiro atoms. The summed E-state index contributed by atoms with van der Waals surface area (Å²) in [5.41, 5.74) is 1.16. The van der Waals surface area contributed by atoms with Gasteiger partial charge in [0, 0.05) is 17.5 Å². The SMILES string of the molecule is COc1cc(CC(=O)O)c(-c2cc3cc(OC)c(OC)cc3c[o+]2)cc1OC.[O-][Cl+3]([O-])([O-])[O-]. The van der Waals surface area contributed by atoms with Crippen LogP contribution in [0.25, 0.3) is 22.1 Å². The van der Waals surface area contributed by atoms with E-state index in [1.165, 1.54) is 14.2 Å². The summed E-state index contributed by atoms with van der Waals surface area (Å²) < 4.78 is 61.1. The van der Waals surface area contributed by atoms with E-state index in [0.717, 1.165) is 10.8 Å². The molecule has 33 heavy (non-hydrogen) atoms. The molecule has 1 N–H and O–H groups in total. The second-order valence-electron chi connectivity index (χ2n) is 6.39. The first kappa shape index (κ1) is 25.9. The van der Waals surface area contributed by atoms with Crippen LogP contribution >= 0.6 is 0 Å². The highest BCUT2D eigenvalue weighted by Crippen LogP contribution is 2.38. The molecule has 0 atom stereocenters. The number of hydrogen-bond acceptors (Lipinski definition) is 9. The van der Waals surface area contributed by atoms with Gasteiger partial charge in [-0.25, -0.2) is 23.1 Å². The van der Waals surface area contributed by atoms with E-state index >= 15 is 0 Å². The Morgan fingerprint density at radius 2 is 1.27 bits per heavy atom. The van der Waals surface area contributed by atoms with Crippen molar-refractivity contribution < 1.29 is 62.1 Å². The van der Waals surface area contributed by atoms with Gasteiger partial charge in [0.25, 0.3) is 0 Å². The fourth-order valence-electron chi connectivity index (χ4n) is 3.04. The van der Waals surface area contributed by atoms with Crippen molar-refractivity contribution in [3.63, 3.8) is 0 Å². The molecule has 3 rings (SSSR count). The summed E-state index contributed by atoms with van der Waals surface area (Å²) in [6.07, 6.45) is 1.41. The molecule has 0 fully saturated rings. The average molecular weight is 485 g/mol. The summed E-state index contributed by atoms with van der Waals surface area (Å²) in [6.45, 7) is 0. The van der Waals surface area contributed by atoms with Crippen LogP contribution in [-0.4, -0.2) is 39.5 Å². The third-order valence-corrected chi connectivity index (χ3v) is 4.41. The molecule has 1 aromatic heterocycles. The van der Waals surface area contributed by atoms with E-state index in [0.29, 0.717) is 39.9 Å². The fourth-order valence-corrected chi connectivity index (χ4v) is 3.04. The van der Waals surface area contributed by atoms with Crippen molar-refractivity contribution in [1.82, 2.24) is 0 Å². The van der Waals surface area contributed by atoms with Crippen LogP contribution in [0.2, 0.25) is 0 Å². The number of methoxy groups -OCH3 is 4. The van der Waals surface area contributed by atoms with Gasteiger partial charge < -0.3 is 24.1 Å². The van der Waals surface area contributed by atoms with Crippen molar-refractivity contribution in [2.75, 3.05) is 28.4 Å². The van der Waals surface area contributed by atoms with Gasteiger partial charge in [-0.2, -0.15) is 0 Å². The number of carbonyl (C=O) groups is 1. The highest BCUT2D eigenvalue weighted by Gasteiger charge is 2.23. The first-order valence-corrected chi connectivity index (χ1v) is 10.3. The molecule has 0 aliphatic heterocycles. The summed E-state index contributed by atoms with van der Waals surface area (Å²) in [5, 5.41) is 11.0. The number of hydrogen-bond donors (Lipinski definition) is 1. The summed E-state index contributed by atoms with van der Waals surface area (Å²) in [4.78, 5) is 11.3. The van der Waals surface area contributed by atoms with Gasteiger partial charge >= 0.3 is 18.0 Å². The Kier molecular flexibility index (Phi) is 8.63. The highest BCUT2D eigenvalue weighted by atomic mass is 35.7. The van der Waals surface area contributed by atoms with Crippen molar-refractivity contribution in [3.05, 3.63) is 42.2 Å². The first-order chi connectivity index (χ1) is 15.5. The molecule has 12 heteroatoms. The Labute approximate surface area is 190 Å². The van der Waals surface area contributed by atoms with Crippen molar-refractivity contribution >= 4 is 16.7 Å². The van der Waals surface area contributed by atoms with Gasteiger partial charge in [-0.15, -0.1) is 10.2 Å². The van der Waals surface area contributed by atoms with Gasteiger partial charge in [-0.1, -0.05) is 0 Å². The van der Waals surface area contributed by atoms with Crippen LogP contribution in [0.5, 0.6) is 23.0 Å². The number of halogens is 1. The molecule has 0 aliphatic carbocycles. The summed E-state index contributed by atoms with van der Waals surface area (Å²) in [7, 11) is 1.21. The molecular formula is C21H21ClO11. The van der Waals surface area contributed by atoms with Gasteiger partial charge in [-0.3, -0.25) is 4.79 Å². The van der Waals surface area contributed by atoms with Crippen LogP contribution in [0.1, 0.15) is 5.56 Å². The minimum absolute atomic E-state index is 0.185. The standard InChI is InChI=1S/C21H20O7.ClHO4/c1-24-17-6-12-5-16(28-11-14(12)8-19(17)26-3)15-10-20(27-4)18(25-2)7-13(15)9-21(22)23;2-1(3,4)5/h5-8,10-11H,9H2,1-4H3;(H,2,3,4,5). The Hall–Kier alpha value is -3.35. The van der Waals surface area contributed by atoms with Crippen LogP contribution in [0.4, 0.5) is 0 Å². The molecule has 1 heterocycles. The van der Waals surface area contributed by atoms with Gasteiger partial charge in [0.2, 0.25) is 0 Å². The fraction of sp³-hybridized carbons (Fsp3) is 0.238. The van der Waals surface area contributed by atoms with E-state index in [1.807, 2.05) is 18.2 Å². The molecule has 0 unspecified atom stereocenters. The number of ether oxygens (including phenoxy) is 4. The zero-order chi connectivity index (χ0) is 24.8. The molecular weight excluding hydrogens is 464 g/mol. The van der Waals surface area contributed by atoms with Crippen molar-refractivity contribution in [3.8, 4) is 34.3 Å². The van der Waals surface area contributed by atoms with E-state index in [9.17, 15) is 9.90 Å². The molecule has 0 bridgehead atoms. The zero-order valence-corrected chi connectivity index (χ0v) is 18.8. The molecule has 0 radical (unpaired) electrons. The van der Waals surface area contributed by atoms with Crippen LogP contribution in [-0.2, 0) is 11.2 Å². The van der Waals surface area contributed by atoms with Gasteiger partial charge in [0.1, 0.15) is 0 Å². The molecule has 0 amide bonds. The molecule has 2 aromatic carbocycles. The lowest BCUT2D eigenvalue weighted by Crippen LogP contribution is -2.68. The van der Waals surface area contributed by atoms with Gasteiger partial charge in [0.05, 0.1) is 51.9 Å². The molecule has 0 saturated carbocycles. The maximum absolute atomic E-state index is 11.3. The first-order valence-electron chi connectivity index (χ1n) is 9.07. The quantitative estimate of drug-likeness (QED) is 0.418. The molecule has 178 valence electrons. The van der Waals surface area contributed by atoms with Crippen LogP contribution in [0, 0.1) is 10.2 Å². The van der Waals surface area contributed by atoms with Crippen LogP contribution < -0.4 is 37.6 Å². The van der Waals surface area contributed by atoms with Crippen LogP contribution in [0.15, 0.2) is 41.0 Å². The lowest BCUT2D eigenvalue weighted by Gasteiger charge is -2.17. The van der Waals surface area contributed by atoms with Crippen molar-refractivity contribution in [2.45, 2.75) is 6.42 Å². The third-order valence-electron chi connectivity index (χ3n) is 4.41. The maximum Gasteiger partial charge on any atom is 0.360 e. The number of benzene rings is 2. The minimum atomic E-state index is -4.94. The number of fused-ring (bicyclic) bond motifs is 1. The van der Waals surface area contributed by atoms with E-state index in [-0.39, 0.29) is 6.42 Å². The summed E-state index contributed by atoms with van der Waals surface area (Å²) in [6, 6.07) is 8.84. The Balaban J connectivity index is 0.000000696. The Bertz CT molecular complexity index is 1120. The topological polar surface area (TPSA) is 178 Å². The van der Waals surface area contributed by atoms with E-state index in [4.69, 9.17) is 42.0 Å². The monoisotopic (exact) mass is 484 g/mol. The molecule has 3 aromatic rings. The lowest BCUT2D eigenvalue weighted by molar-refractivity contribution is -2.00. The maximum atomic E-state index is 11.3. The highest BCUT2D eigenvalue weighted by molar-refractivity contribution is 5.88. The number of carboxylic acids is 1. The zero-order valence-electron chi connectivity index (χ0n) is 18.1. The predicted octanol–water partition coefficient (Wildman–Crippen LogP) is -0.714. The van der Waals surface area contributed by atoms with Gasteiger partial charge in [-0.05, 0) is 17.7 Å². The molecule has 11 nitrogen and oxygen atoms in total. The Morgan fingerprint density at radius 3 is 1.76 bits per heavy atom. The number of aliphatic carboxylic acids is 1. The van der Waals surface area contributed by atoms with E-state index < -0.39 is 16.2 Å². The summed E-state index contributed by atoms with van der Waals surface area (Å²) >= 11 is 0. The minimum Gasteiger partial charge on any atom is -0.493 e. The van der Waals surface area contributed by atoms with Crippen molar-refractivity contribution in [1.29, 1.82) is 0 Å². The van der Waals surface area contributed by atoms with Crippen molar-refractivity contribution in [2.24, 2.45) is 0 Å². The molecule has 0 saturated heterocycles.